The fourth-order valence-electron chi connectivity index (χ4n) is 4.52. The minimum absolute atomic E-state index is 0.0272. The van der Waals surface area contributed by atoms with E-state index in [1.165, 1.54) is 4.90 Å². The van der Waals surface area contributed by atoms with Crippen molar-refractivity contribution in [2.75, 3.05) is 45.2 Å². The standard InChI is InChI=1S/C28H28Cl2N4O2/c1-31-23-11-6-20(7-12-23)27(35)18-33-14-15-34(26(17-33)19-4-9-22(29)10-5-19)25-13-8-21(16-24(25)30)28(36)32(2)3/h4-13,16,26-27,35H,14-15,17-18H2,2-3H3/t26-,27+/m0/s1. The maximum Gasteiger partial charge on any atom is 0.253 e. The molecule has 1 amide bonds. The Bertz CT molecular complexity index is 1260. The number of benzene rings is 3. The number of β-amino-alcohol motifs (C(OH)–C–C–N with tert-alkyl or cyclic N) is 1. The van der Waals surface area contributed by atoms with Crippen LogP contribution in [0.3, 0.4) is 0 Å². The maximum atomic E-state index is 12.4. The van der Waals surface area contributed by atoms with E-state index in [1.807, 2.05) is 36.4 Å². The van der Waals surface area contributed by atoms with E-state index in [9.17, 15) is 9.90 Å². The Balaban J connectivity index is 1.58. The van der Waals surface area contributed by atoms with Gasteiger partial charge in [-0.3, -0.25) is 9.69 Å². The zero-order chi connectivity index (χ0) is 25.8. The van der Waals surface area contributed by atoms with Crippen molar-refractivity contribution in [3.8, 4) is 0 Å². The zero-order valence-corrected chi connectivity index (χ0v) is 21.7. The molecule has 0 bridgehead atoms. The highest BCUT2D eigenvalue weighted by Crippen LogP contribution is 2.36. The summed E-state index contributed by atoms with van der Waals surface area (Å²) in [6.45, 7) is 9.68. The third kappa shape index (κ3) is 5.83. The van der Waals surface area contributed by atoms with E-state index in [0.717, 1.165) is 23.4 Å². The molecule has 0 radical (unpaired) electrons. The summed E-state index contributed by atoms with van der Waals surface area (Å²) in [4.78, 5) is 21.8. The molecule has 3 aromatic rings. The van der Waals surface area contributed by atoms with Crippen LogP contribution in [0.2, 0.25) is 10.0 Å². The van der Waals surface area contributed by atoms with Crippen LogP contribution in [0.4, 0.5) is 11.4 Å². The number of carbonyl (C=O) groups excluding carboxylic acids is 1. The van der Waals surface area contributed by atoms with Gasteiger partial charge in [-0.15, -0.1) is 0 Å². The summed E-state index contributed by atoms with van der Waals surface area (Å²) in [5, 5.41) is 12.1. The predicted molar refractivity (Wildman–Crippen MR) is 145 cm³/mol. The molecule has 0 unspecified atom stereocenters. The quantitative estimate of drug-likeness (QED) is 0.413. The molecule has 0 aliphatic carbocycles. The van der Waals surface area contributed by atoms with Crippen molar-refractivity contribution in [3.63, 3.8) is 0 Å². The Morgan fingerprint density at radius 2 is 1.78 bits per heavy atom. The smallest absolute Gasteiger partial charge is 0.253 e. The summed E-state index contributed by atoms with van der Waals surface area (Å²) in [6.07, 6.45) is -0.665. The molecule has 1 saturated heterocycles. The van der Waals surface area contributed by atoms with Gasteiger partial charge in [0.05, 0.1) is 29.4 Å². The molecule has 4 rings (SSSR count). The third-order valence-corrected chi connectivity index (χ3v) is 7.02. The van der Waals surface area contributed by atoms with Crippen molar-refractivity contribution >= 4 is 40.5 Å². The highest BCUT2D eigenvalue weighted by Gasteiger charge is 2.31. The first-order valence-corrected chi connectivity index (χ1v) is 12.4. The number of aliphatic hydroxyl groups is 1. The second-order valence-corrected chi connectivity index (χ2v) is 9.95. The average molecular weight is 523 g/mol. The Morgan fingerprint density at radius 3 is 2.39 bits per heavy atom. The van der Waals surface area contributed by atoms with Gasteiger partial charge in [0, 0.05) is 50.9 Å². The Kier molecular flexibility index (Phi) is 8.17. The van der Waals surface area contributed by atoms with Crippen molar-refractivity contribution in [1.82, 2.24) is 9.80 Å². The fourth-order valence-corrected chi connectivity index (χ4v) is 4.93. The summed E-state index contributed by atoms with van der Waals surface area (Å²) in [5.74, 6) is -0.0964. The number of anilines is 1. The molecule has 1 aliphatic rings. The Labute approximate surface area is 222 Å². The molecule has 0 aromatic heterocycles. The predicted octanol–water partition coefficient (Wildman–Crippen LogP) is 5.84. The first kappa shape index (κ1) is 26.0. The monoisotopic (exact) mass is 522 g/mol. The van der Waals surface area contributed by atoms with Crippen LogP contribution < -0.4 is 4.90 Å². The molecule has 1 heterocycles. The van der Waals surface area contributed by atoms with Crippen molar-refractivity contribution in [1.29, 1.82) is 0 Å². The number of hydrogen-bond acceptors (Lipinski definition) is 4. The number of aliphatic hydroxyl groups excluding tert-OH is 1. The summed E-state index contributed by atoms with van der Waals surface area (Å²) >= 11 is 12.9. The van der Waals surface area contributed by atoms with Crippen LogP contribution in [0.5, 0.6) is 0 Å². The van der Waals surface area contributed by atoms with E-state index in [2.05, 4.69) is 14.6 Å². The number of nitrogens with zero attached hydrogens (tertiary/aromatic N) is 4. The largest absolute Gasteiger partial charge is 0.387 e. The van der Waals surface area contributed by atoms with Crippen LogP contribution >= 0.6 is 23.2 Å². The van der Waals surface area contributed by atoms with Crippen LogP contribution in [0, 0.1) is 6.57 Å². The van der Waals surface area contributed by atoms with Crippen molar-refractivity contribution < 1.29 is 9.90 Å². The third-order valence-electron chi connectivity index (χ3n) is 6.47. The van der Waals surface area contributed by atoms with Crippen molar-refractivity contribution in [3.05, 3.63) is 105 Å². The average Bonchev–Trinajstić information content (AvgIpc) is 2.88. The molecule has 0 spiro atoms. The van der Waals surface area contributed by atoms with Gasteiger partial charge >= 0.3 is 0 Å². The zero-order valence-electron chi connectivity index (χ0n) is 20.2. The van der Waals surface area contributed by atoms with E-state index in [4.69, 9.17) is 29.8 Å². The topological polar surface area (TPSA) is 51.4 Å². The highest BCUT2D eigenvalue weighted by molar-refractivity contribution is 6.33. The lowest BCUT2D eigenvalue weighted by Gasteiger charge is -2.44. The molecule has 0 saturated carbocycles. The lowest BCUT2D eigenvalue weighted by molar-refractivity contribution is 0.0827. The molecule has 2 atom stereocenters. The molecule has 8 heteroatoms. The van der Waals surface area contributed by atoms with Crippen LogP contribution in [0.1, 0.15) is 33.6 Å². The maximum absolute atomic E-state index is 12.4. The molecule has 6 nitrogen and oxygen atoms in total. The molecule has 1 aliphatic heterocycles. The van der Waals surface area contributed by atoms with Gasteiger partial charge in [0.2, 0.25) is 0 Å². The minimum atomic E-state index is -0.665. The number of hydrogen-bond donors (Lipinski definition) is 1. The Hall–Kier alpha value is -3.08. The molecular formula is C28H28Cl2N4O2. The summed E-state index contributed by atoms with van der Waals surface area (Å²) in [6, 6.07) is 20.3. The van der Waals surface area contributed by atoms with Gasteiger partial charge in [0.25, 0.3) is 5.91 Å². The lowest BCUT2D eigenvalue weighted by Crippen LogP contribution is -2.49. The van der Waals surface area contributed by atoms with Gasteiger partial charge in [-0.05, 0) is 41.5 Å². The SMILES string of the molecule is [C-]#[N+]c1ccc([C@H](O)CN2CCN(c3ccc(C(=O)N(C)C)cc3Cl)[C@H](c3ccc(Cl)cc3)C2)cc1. The van der Waals surface area contributed by atoms with E-state index in [1.54, 1.807) is 44.4 Å². The lowest BCUT2D eigenvalue weighted by atomic mass is 10.00. The molecule has 186 valence electrons. The fraction of sp³-hybridized carbons (Fsp3) is 0.286. The van der Waals surface area contributed by atoms with Crippen LogP contribution in [-0.2, 0) is 0 Å². The summed E-state index contributed by atoms with van der Waals surface area (Å²) in [7, 11) is 3.43. The number of piperazine rings is 1. The van der Waals surface area contributed by atoms with E-state index in [0.29, 0.717) is 40.9 Å². The van der Waals surface area contributed by atoms with Crippen LogP contribution in [0.25, 0.3) is 4.85 Å². The van der Waals surface area contributed by atoms with Gasteiger partial charge in [0.1, 0.15) is 0 Å². The van der Waals surface area contributed by atoms with Crippen molar-refractivity contribution in [2.24, 2.45) is 0 Å². The Morgan fingerprint density at radius 1 is 1.08 bits per heavy atom. The first-order valence-electron chi connectivity index (χ1n) is 11.7. The van der Waals surface area contributed by atoms with Crippen LogP contribution in [0.15, 0.2) is 66.7 Å². The molecule has 36 heavy (non-hydrogen) atoms. The summed E-state index contributed by atoms with van der Waals surface area (Å²) < 4.78 is 0. The van der Waals surface area contributed by atoms with Gasteiger partial charge in [-0.25, -0.2) is 4.85 Å². The number of carbonyl (C=O) groups is 1. The van der Waals surface area contributed by atoms with E-state index < -0.39 is 6.10 Å². The molecule has 3 aromatic carbocycles. The van der Waals surface area contributed by atoms with E-state index in [-0.39, 0.29) is 11.9 Å². The number of halogens is 2. The van der Waals surface area contributed by atoms with E-state index >= 15 is 0 Å². The number of rotatable bonds is 6. The van der Waals surface area contributed by atoms with Crippen LogP contribution in [-0.4, -0.2) is 61.1 Å². The highest BCUT2D eigenvalue weighted by atomic mass is 35.5. The minimum Gasteiger partial charge on any atom is -0.387 e. The van der Waals surface area contributed by atoms with Gasteiger partial charge in [0.15, 0.2) is 5.69 Å². The number of amides is 1. The molecular weight excluding hydrogens is 495 g/mol. The second-order valence-electron chi connectivity index (χ2n) is 9.11. The molecule has 1 fully saturated rings. The first-order chi connectivity index (χ1) is 17.3. The molecule has 1 N–H and O–H groups in total. The van der Waals surface area contributed by atoms with Gasteiger partial charge in [-0.1, -0.05) is 59.6 Å². The van der Waals surface area contributed by atoms with Gasteiger partial charge in [-0.2, -0.15) is 0 Å². The second kappa shape index (κ2) is 11.3. The normalized spacial score (nSPS) is 16.9. The van der Waals surface area contributed by atoms with Gasteiger partial charge < -0.3 is 14.9 Å². The summed E-state index contributed by atoms with van der Waals surface area (Å²) in [5.41, 5.74) is 3.84. The van der Waals surface area contributed by atoms with Crippen molar-refractivity contribution in [2.45, 2.75) is 12.1 Å².